The van der Waals surface area contributed by atoms with Crippen LogP contribution in [0.5, 0.6) is 0 Å². The van der Waals surface area contributed by atoms with Gasteiger partial charge in [-0.3, -0.25) is 0 Å². The molecule has 0 rings (SSSR count). The van der Waals surface area contributed by atoms with E-state index in [0.29, 0.717) is 0 Å². The molecule has 41 heteroatoms. The van der Waals surface area contributed by atoms with Gasteiger partial charge in [-0.05, 0) is 0 Å². The van der Waals surface area contributed by atoms with E-state index in [9.17, 15) is 158 Å². The van der Waals surface area contributed by atoms with Gasteiger partial charge in [0.1, 0.15) is 0 Å². The van der Waals surface area contributed by atoms with Crippen molar-refractivity contribution in [3.63, 3.8) is 0 Å². The van der Waals surface area contributed by atoms with Crippen LogP contribution in [0.4, 0.5) is 158 Å². The van der Waals surface area contributed by atoms with Gasteiger partial charge in [-0.15, -0.1) is 0 Å². The quantitative estimate of drug-likeness (QED) is 0.144. The van der Waals surface area contributed by atoms with Crippen molar-refractivity contribution in [2.24, 2.45) is 21.7 Å². The van der Waals surface area contributed by atoms with Gasteiger partial charge in [0.05, 0.1) is 0 Å². The molecule has 0 aromatic heterocycles. The Hall–Kier alpha value is -2.15. The Morgan fingerprint density at radius 3 is 0.328 bits per heavy atom. The fourth-order valence-electron chi connectivity index (χ4n) is 4.11. The summed E-state index contributed by atoms with van der Waals surface area (Å²) in [6.45, 7) is -21.8. The average molecular weight is 1020 g/mol. The summed E-state index contributed by atoms with van der Waals surface area (Å²) in [5, 5.41) is 0. The van der Waals surface area contributed by atoms with Crippen molar-refractivity contribution in [1.29, 1.82) is 0 Å². The summed E-state index contributed by atoms with van der Waals surface area (Å²) in [4.78, 5) is 0. The number of alkyl halides is 36. The maximum absolute atomic E-state index is 13.5. The van der Waals surface area contributed by atoms with Gasteiger partial charge < -0.3 is 15.2 Å². The molecule has 4 nitrogen and oxygen atoms in total. The first-order valence-corrected chi connectivity index (χ1v) is 15.2. The third kappa shape index (κ3) is 10.1. The molecule has 0 aliphatic heterocycles. The molecule has 0 fully saturated rings. The van der Waals surface area contributed by atoms with Gasteiger partial charge >= 0.3 is 88.5 Å². The normalized spacial score (nSPS) is 16.7. The predicted molar refractivity (Wildman–Crippen MR) is 112 cm³/mol. The van der Waals surface area contributed by atoms with Crippen LogP contribution in [-0.2, 0) is 15.2 Å². The molecule has 368 valence electrons. The zero-order chi connectivity index (χ0) is 50.2. The molecule has 0 saturated carbocycles. The van der Waals surface area contributed by atoms with Crippen molar-refractivity contribution in [1.82, 2.24) is 0 Å². The third-order valence-electron chi connectivity index (χ3n) is 7.82. The number of hydrogen-bond acceptors (Lipinski definition) is 4. The predicted octanol–water partition coefficient (Wildman–Crippen LogP) is 12.2. The van der Waals surface area contributed by atoms with Crippen LogP contribution in [0, 0.1) is 21.7 Å². The van der Waals surface area contributed by atoms with Crippen molar-refractivity contribution >= 4 is 14.4 Å². The largest absolute Gasteiger partial charge is 0.875 e. The monoisotopic (exact) mass is 1020 g/mol. The maximum atomic E-state index is 13.5. The van der Waals surface area contributed by atoms with Crippen LogP contribution in [0.3, 0.4) is 0 Å². The second kappa shape index (κ2) is 16.1. The van der Waals surface area contributed by atoms with Crippen molar-refractivity contribution in [2.45, 2.75) is 74.1 Å². The van der Waals surface area contributed by atoms with E-state index in [0.717, 1.165) is 0 Å². The topological polar surface area (TPSA) is 36.9 Å². The van der Waals surface area contributed by atoms with Crippen molar-refractivity contribution < 1.29 is 173 Å². The molecule has 0 heterocycles. The molecule has 0 aliphatic rings. The van der Waals surface area contributed by atoms with Gasteiger partial charge in [-0.1, -0.05) is 0 Å². The second-order valence-electron chi connectivity index (χ2n) is 11.4. The lowest BCUT2D eigenvalue weighted by atomic mass is 9.86. The molecule has 61 heavy (non-hydrogen) atoms. The van der Waals surface area contributed by atoms with Gasteiger partial charge in [-0.25, -0.2) is 0 Å². The molecule has 0 aromatic rings. The van der Waals surface area contributed by atoms with Crippen LogP contribution < -0.4 is 0 Å². The fourth-order valence-corrected chi connectivity index (χ4v) is 6.50. The lowest BCUT2D eigenvalue weighted by Crippen LogP contribution is -2.69. The maximum Gasteiger partial charge on any atom is 0.875 e. The Balaban J connectivity index is 9.33. The highest BCUT2D eigenvalue weighted by atomic mass is 27.3. The summed E-state index contributed by atoms with van der Waals surface area (Å²) in [6, 6.07) is 0. The molecule has 0 bridgehead atoms. The standard InChI is InChI=1S/4C5H2F9O.Al/c4*6-3(7,8)2(1-15,4(9,10)11)5(12,13)14;/h4*1H2;/q4*-1;+3. The van der Waals surface area contributed by atoms with Crippen LogP contribution in [0.2, 0.25) is 0 Å². The van der Waals surface area contributed by atoms with E-state index in [1.807, 2.05) is 0 Å². The van der Waals surface area contributed by atoms with Crippen LogP contribution in [0.1, 0.15) is 0 Å². The molecule has 0 aromatic carbocycles. The summed E-state index contributed by atoms with van der Waals surface area (Å²) in [5.41, 5.74) is -33.2. The van der Waals surface area contributed by atoms with Crippen LogP contribution in [0.25, 0.3) is 0 Å². The molecule has 0 radical (unpaired) electrons. The molecule has 0 saturated heterocycles. The summed E-state index contributed by atoms with van der Waals surface area (Å²) in [5.74, 6) is 0. The number of halogens is 36. The van der Waals surface area contributed by atoms with Gasteiger partial charge in [0.15, 0.2) is 0 Å². The van der Waals surface area contributed by atoms with Crippen LogP contribution in [0.15, 0.2) is 0 Å². The lowest BCUT2D eigenvalue weighted by Gasteiger charge is -2.49. The van der Waals surface area contributed by atoms with Gasteiger partial charge in [0, 0.05) is 26.4 Å². The minimum Gasteiger partial charge on any atom is -0.586 e. The number of rotatable bonds is 12. The molecule has 0 aliphatic carbocycles. The summed E-state index contributed by atoms with van der Waals surface area (Å²) >= 11 is -10.6. The van der Waals surface area contributed by atoms with Gasteiger partial charge in [0.25, 0.3) is 21.7 Å². The van der Waals surface area contributed by atoms with Gasteiger partial charge in [-0.2, -0.15) is 158 Å². The van der Waals surface area contributed by atoms with E-state index in [-0.39, 0.29) is 0 Å². The molecular formula is C20H8AlF36O4-. The zero-order valence-corrected chi connectivity index (χ0v) is 27.8. The highest BCUT2D eigenvalue weighted by Gasteiger charge is 2.88. The van der Waals surface area contributed by atoms with E-state index >= 15 is 0 Å². The van der Waals surface area contributed by atoms with E-state index < -0.39 is 137 Å². The highest BCUT2D eigenvalue weighted by molar-refractivity contribution is 6.53. The third-order valence-corrected chi connectivity index (χ3v) is 10.1. The summed E-state index contributed by atoms with van der Waals surface area (Å²) < 4.78 is 496. The van der Waals surface area contributed by atoms with E-state index in [2.05, 4.69) is 15.2 Å². The minimum absolute atomic E-state index is 2.51. The van der Waals surface area contributed by atoms with E-state index in [1.54, 1.807) is 0 Å². The van der Waals surface area contributed by atoms with E-state index in [1.165, 1.54) is 0 Å². The number of hydrogen-bond donors (Lipinski definition) is 0. The second-order valence-corrected chi connectivity index (χ2v) is 13.9. The molecule has 0 unspecified atom stereocenters. The first-order chi connectivity index (χ1) is 25.8. The van der Waals surface area contributed by atoms with Crippen molar-refractivity contribution in [3.05, 3.63) is 0 Å². The minimum atomic E-state index is -10.6. The van der Waals surface area contributed by atoms with E-state index in [4.69, 9.17) is 0 Å². The van der Waals surface area contributed by atoms with Crippen molar-refractivity contribution in [2.75, 3.05) is 26.4 Å². The Morgan fingerprint density at radius 1 is 0.180 bits per heavy atom. The first-order valence-electron chi connectivity index (χ1n) is 13.3. The molecule has 0 N–H and O–H groups in total. The van der Waals surface area contributed by atoms with Crippen LogP contribution in [-0.4, -0.2) is 115 Å². The average Bonchev–Trinajstić information content (AvgIpc) is 2.84. The lowest BCUT2D eigenvalue weighted by molar-refractivity contribution is -0.440. The highest BCUT2D eigenvalue weighted by Crippen LogP contribution is 2.64. The molecule has 0 amide bonds. The van der Waals surface area contributed by atoms with Crippen molar-refractivity contribution in [3.8, 4) is 0 Å². The van der Waals surface area contributed by atoms with Gasteiger partial charge in [0.2, 0.25) is 0 Å². The molecule has 0 atom stereocenters. The Morgan fingerprint density at radius 2 is 0.262 bits per heavy atom. The first kappa shape index (κ1) is 58.9. The summed E-state index contributed by atoms with van der Waals surface area (Å²) in [6.07, 6.45) is -102. The van der Waals surface area contributed by atoms with Crippen LogP contribution >= 0.6 is 0 Å². The Kier molecular flexibility index (Phi) is 15.5. The summed E-state index contributed by atoms with van der Waals surface area (Å²) in [7, 11) is 0. The Labute approximate surface area is 310 Å². The SMILES string of the molecule is FC(F)(F)C(C[O][Al-]([O]CC(C(F)(F)F)(C(F)(F)F)C(F)(F)F)([O]CC(C(F)(F)F)(C(F)(F)F)C(F)(F)F)[O]CC(C(F)(F)F)(C(F)(F)F)C(F)(F)F)(C(F)(F)F)C(F)(F)F. The Bertz CT molecular complexity index is 1080. The fraction of sp³-hybridized carbons (Fsp3) is 1.00. The molecular weight excluding hydrogens is 1020 g/mol. The smallest absolute Gasteiger partial charge is 0.586 e. The molecule has 0 spiro atoms. The zero-order valence-electron chi connectivity index (χ0n) is 26.6.